The minimum Gasteiger partial charge on any atom is -0.245 e. The second-order valence-corrected chi connectivity index (χ2v) is 10.0. The van der Waals surface area contributed by atoms with E-state index in [-0.39, 0.29) is 4.90 Å². The third-order valence-corrected chi connectivity index (χ3v) is 7.00. The van der Waals surface area contributed by atoms with Gasteiger partial charge < -0.3 is 0 Å². The molecule has 0 N–H and O–H groups in total. The summed E-state index contributed by atoms with van der Waals surface area (Å²) in [5.74, 6) is 0. The summed E-state index contributed by atoms with van der Waals surface area (Å²) in [6, 6.07) is 24.3. The van der Waals surface area contributed by atoms with Crippen molar-refractivity contribution < 1.29 is 12.6 Å². The van der Waals surface area contributed by atoms with Crippen molar-refractivity contribution >= 4 is 31.3 Å². The monoisotopic (exact) mass is 397 g/mol. The van der Waals surface area contributed by atoms with Crippen LogP contribution in [0, 0.1) is 0 Å². The molecule has 27 heavy (non-hydrogen) atoms. The fourth-order valence-corrected chi connectivity index (χ4v) is 4.81. The van der Waals surface area contributed by atoms with E-state index in [9.17, 15) is 12.6 Å². The molecule has 0 aliphatic heterocycles. The van der Waals surface area contributed by atoms with Gasteiger partial charge in [-0.05, 0) is 36.4 Å². The average molecular weight is 398 g/mol. The van der Waals surface area contributed by atoms with Crippen molar-refractivity contribution in [2.75, 3.05) is 6.26 Å². The highest BCUT2D eigenvalue weighted by molar-refractivity contribution is 7.94. The minimum atomic E-state index is -3.56. The van der Waals surface area contributed by atoms with Crippen LogP contribution >= 0.6 is 0 Å². The molecule has 0 saturated heterocycles. The Morgan fingerprint density at radius 1 is 0.704 bits per heavy atom. The van der Waals surface area contributed by atoms with E-state index in [1.807, 2.05) is 18.2 Å². The van der Waals surface area contributed by atoms with Crippen molar-refractivity contribution in [1.29, 1.82) is 0 Å². The maximum Gasteiger partial charge on any atom is 0.199 e. The van der Waals surface area contributed by atoms with E-state index in [0.29, 0.717) is 16.1 Å². The van der Waals surface area contributed by atoms with Crippen LogP contribution in [0.2, 0.25) is 0 Å². The fourth-order valence-electron chi connectivity index (χ4n) is 2.48. The smallest absolute Gasteiger partial charge is 0.199 e. The molecule has 0 fully saturated rings. The summed E-state index contributed by atoms with van der Waals surface area (Å²) < 4.78 is 42.3. The predicted octanol–water partition coefficient (Wildman–Crippen LogP) is 4.92. The standard InChI is InChI=1S/C21H19NO3S2/c1-26(23,19-11-4-2-5-12-19)22-21-15-9-8-10-18(21)16-17-27(24,25)20-13-6-3-7-14-20/h2-17H,1H3/b17-16+/t26-/m0/s1. The first kappa shape index (κ1) is 19.1. The van der Waals surface area contributed by atoms with E-state index in [4.69, 9.17) is 0 Å². The van der Waals surface area contributed by atoms with Gasteiger partial charge in [-0.15, -0.1) is 0 Å². The molecule has 0 aliphatic carbocycles. The molecule has 0 bridgehead atoms. The summed E-state index contributed by atoms with van der Waals surface area (Å²) in [4.78, 5) is 0.847. The summed E-state index contributed by atoms with van der Waals surface area (Å²) in [5, 5.41) is 1.15. The van der Waals surface area contributed by atoms with Crippen molar-refractivity contribution in [3.8, 4) is 0 Å². The van der Waals surface area contributed by atoms with Crippen LogP contribution in [-0.2, 0) is 19.6 Å². The highest BCUT2D eigenvalue weighted by atomic mass is 32.2. The van der Waals surface area contributed by atoms with E-state index in [1.54, 1.807) is 73.0 Å². The van der Waals surface area contributed by atoms with Crippen LogP contribution in [0.3, 0.4) is 0 Å². The molecule has 0 saturated carbocycles. The number of rotatable bonds is 5. The molecule has 0 heterocycles. The Balaban J connectivity index is 2.01. The van der Waals surface area contributed by atoms with Crippen molar-refractivity contribution in [3.63, 3.8) is 0 Å². The molecule has 0 aromatic heterocycles. The minimum absolute atomic E-state index is 0.222. The van der Waals surface area contributed by atoms with Crippen molar-refractivity contribution in [1.82, 2.24) is 0 Å². The van der Waals surface area contributed by atoms with Gasteiger partial charge in [-0.1, -0.05) is 54.6 Å². The number of hydrogen-bond donors (Lipinski definition) is 0. The first-order valence-corrected chi connectivity index (χ1v) is 11.7. The van der Waals surface area contributed by atoms with E-state index < -0.39 is 19.6 Å². The summed E-state index contributed by atoms with van der Waals surface area (Å²) in [6.07, 6.45) is 3.06. The number of sulfone groups is 1. The number of nitrogens with zero attached hydrogens (tertiary/aromatic N) is 1. The Labute approximate surface area is 160 Å². The third kappa shape index (κ3) is 4.72. The molecule has 6 heteroatoms. The van der Waals surface area contributed by atoms with Gasteiger partial charge in [0.15, 0.2) is 9.84 Å². The molecule has 4 nitrogen and oxygen atoms in total. The van der Waals surface area contributed by atoms with E-state index in [0.717, 1.165) is 5.41 Å². The Hall–Kier alpha value is -2.70. The van der Waals surface area contributed by atoms with Gasteiger partial charge >= 0.3 is 0 Å². The van der Waals surface area contributed by atoms with E-state index in [2.05, 4.69) is 4.36 Å². The molecule has 0 aliphatic rings. The SMILES string of the molecule is C[S@@](=O)(=Nc1ccccc1/C=C/S(=O)(=O)c1ccccc1)c1ccccc1. The van der Waals surface area contributed by atoms with Gasteiger partial charge in [0.2, 0.25) is 0 Å². The van der Waals surface area contributed by atoms with Crippen LogP contribution in [-0.4, -0.2) is 18.9 Å². The second-order valence-electron chi connectivity index (χ2n) is 5.93. The highest BCUT2D eigenvalue weighted by Gasteiger charge is 2.11. The van der Waals surface area contributed by atoms with Gasteiger partial charge in [-0.3, -0.25) is 0 Å². The van der Waals surface area contributed by atoms with Crippen LogP contribution < -0.4 is 0 Å². The van der Waals surface area contributed by atoms with E-state index >= 15 is 0 Å². The lowest BCUT2D eigenvalue weighted by atomic mass is 10.2. The number of benzene rings is 3. The molecule has 0 amide bonds. The zero-order chi connectivity index (χ0) is 19.3. The molecule has 0 unspecified atom stereocenters. The zero-order valence-corrected chi connectivity index (χ0v) is 16.4. The Morgan fingerprint density at radius 2 is 1.22 bits per heavy atom. The van der Waals surface area contributed by atoms with Gasteiger partial charge in [0, 0.05) is 22.1 Å². The Kier molecular flexibility index (Phi) is 5.58. The predicted molar refractivity (Wildman–Crippen MR) is 110 cm³/mol. The first-order valence-electron chi connectivity index (χ1n) is 8.23. The lowest BCUT2D eigenvalue weighted by molar-refractivity contribution is 0.605. The largest absolute Gasteiger partial charge is 0.245 e. The van der Waals surface area contributed by atoms with Crippen LogP contribution in [0.4, 0.5) is 5.69 Å². The number of hydrogen-bond acceptors (Lipinski definition) is 4. The summed E-state index contributed by atoms with van der Waals surface area (Å²) in [6.45, 7) is 0. The Morgan fingerprint density at radius 3 is 1.85 bits per heavy atom. The lowest BCUT2D eigenvalue weighted by Crippen LogP contribution is -1.97. The van der Waals surface area contributed by atoms with Gasteiger partial charge in [-0.25, -0.2) is 12.6 Å². The summed E-state index contributed by atoms with van der Waals surface area (Å²) in [7, 11) is -6.21. The normalized spacial score (nSPS) is 14.0. The zero-order valence-electron chi connectivity index (χ0n) is 14.7. The maximum absolute atomic E-state index is 13.0. The van der Waals surface area contributed by atoms with Crippen molar-refractivity contribution in [3.05, 3.63) is 95.9 Å². The average Bonchev–Trinajstić information content (AvgIpc) is 2.68. The van der Waals surface area contributed by atoms with Gasteiger partial charge in [0.05, 0.1) is 20.3 Å². The maximum atomic E-state index is 13.0. The molecule has 0 radical (unpaired) electrons. The van der Waals surface area contributed by atoms with Crippen molar-refractivity contribution in [2.24, 2.45) is 4.36 Å². The van der Waals surface area contributed by atoms with Gasteiger partial charge in [-0.2, -0.15) is 4.36 Å². The molecule has 3 aromatic carbocycles. The van der Waals surface area contributed by atoms with Crippen LogP contribution in [0.1, 0.15) is 5.56 Å². The molecule has 3 aromatic rings. The van der Waals surface area contributed by atoms with Gasteiger partial charge in [0.25, 0.3) is 0 Å². The van der Waals surface area contributed by atoms with Crippen LogP contribution in [0.25, 0.3) is 6.08 Å². The highest BCUT2D eigenvalue weighted by Crippen LogP contribution is 2.25. The second kappa shape index (κ2) is 7.90. The summed E-state index contributed by atoms with van der Waals surface area (Å²) >= 11 is 0. The molecule has 0 spiro atoms. The molecular weight excluding hydrogens is 378 g/mol. The van der Waals surface area contributed by atoms with Crippen molar-refractivity contribution in [2.45, 2.75) is 9.79 Å². The fraction of sp³-hybridized carbons (Fsp3) is 0.0476. The lowest BCUT2D eigenvalue weighted by Gasteiger charge is -2.06. The third-order valence-electron chi connectivity index (χ3n) is 3.89. The van der Waals surface area contributed by atoms with Crippen LogP contribution in [0.5, 0.6) is 0 Å². The van der Waals surface area contributed by atoms with Gasteiger partial charge in [0.1, 0.15) is 0 Å². The topological polar surface area (TPSA) is 63.6 Å². The van der Waals surface area contributed by atoms with Crippen LogP contribution in [0.15, 0.2) is 104 Å². The molecule has 3 rings (SSSR count). The summed E-state index contributed by atoms with van der Waals surface area (Å²) in [5.41, 5.74) is 1.07. The van der Waals surface area contributed by atoms with E-state index in [1.165, 1.54) is 6.08 Å². The molecule has 138 valence electrons. The molecule has 1 atom stereocenters. The quantitative estimate of drug-likeness (QED) is 0.614. The molecular formula is C21H19NO3S2. The Bertz CT molecular complexity index is 1180. The first-order chi connectivity index (χ1) is 12.9.